The zero-order chi connectivity index (χ0) is 18.5. The minimum atomic E-state index is -0.169. The van der Waals surface area contributed by atoms with Crippen LogP contribution in [0.3, 0.4) is 0 Å². The van der Waals surface area contributed by atoms with Gasteiger partial charge in [0, 0.05) is 0 Å². The van der Waals surface area contributed by atoms with E-state index in [1.165, 1.54) is 4.68 Å². The Morgan fingerprint density at radius 3 is 2.62 bits per heavy atom. The summed E-state index contributed by atoms with van der Waals surface area (Å²) in [5.74, 6) is 2.01. The fourth-order valence-electron chi connectivity index (χ4n) is 2.56. The first-order chi connectivity index (χ1) is 12.5. The molecular formula is C21H23N3O2. The largest absolute Gasteiger partial charge is 0.494 e. The lowest BCUT2D eigenvalue weighted by molar-refractivity contribution is 0.289. The molecule has 0 unspecified atom stereocenters. The van der Waals surface area contributed by atoms with Crippen molar-refractivity contribution >= 4 is 17.1 Å². The molecule has 0 spiro atoms. The quantitative estimate of drug-likeness (QED) is 0.632. The highest BCUT2D eigenvalue weighted by Gasteiger charge is 2.06. The van der Waals surface area contributed by atoms with Crippen molar-refractivity contribution in [1.29, 1.82) is 0 Å². The SMILES string of the molecule is Cc1nc2ccccc2c(=O)n1/N=C\c1ccc(OCCC(C)C)cc1. The number of aromatic nitrogens is 2. The summed E-state index contributed by atoms with van der Waals surface area (Å²) >= 11 is 0. The molecule has 0 bridgehead atoms. The van der Waals surface area contributed by atoms with E-state index in [1.807, 2.05) is 42.5 Å². The van der Waals surface area contributed by atoms with Crippen LogP contribution < -0.4 is 10.3 Å². The number of benzene rings is 2. The monoisotopic (exact) mass is 349 g/mol. The van der Waals surface area contributed by atoms with Crippen LogP contribution in [0.1, 0.15) is 31.7 Å². The van der Waals surface area contributed by atoms with Crippen LogP contribution in [0.15, 0.2) is 58.4 Å². The fraction of sp³-hybridized carbons (Fsp3) is 0.286. The van der Waals surface area contributed by atoms with Crippen LogP contribution in [-0.4, -0.2) is 22.5 Å². The Kier molecular flexibility index (Phi) is 5.46. The van der Waals surface area contributed by atoms with Crippen molar-refractivity contribution < 1.29 is 4.74 Å². The average molecular weight is 349 g/mol. The molecule has 0 aliphatic carbocycles. The Labute approximate surface area is 153 Å². The number of aryl methyl sites for hydroxylation is 1. The number of para-hydroxylation sites is 1. The standard InChI is InChI=1S/C21H23N3O2/c1-15(2)12-13-26-18-10-8-17(9-11-18)14-22-24-16(3)23-20-7-5-4-6-19(20)21(24)25/h4-11,14-15H,12-13H2,1-3H3/b22-14-. The lowest BCUT2D eigenvalue weighted by Gasteiger charge is -2.08. The maximum Gasteiger partial charge on any atom is 0.282 e. The van der Waals surface area contributed by atoms with Gasteiger partial charge in [-0.15, -0.1) is 0 Å². The van der Waals surface area contributed by atoms with Crippen LogP contribution in [0, 0.1) is 12.8 Å². The Hall–Kier alpha value is -2.95. The summed E-state index contributed by atoms with van der Waals surface area (Å²) in [6.07, 6.45) is 2.68. The van der Waals surface area contributed by atoms with E-state index in [9.17, 15) is 4.79 Å². The van der Waals surface area contributed by atoms with Crippen molar-refractivity contribution in [3.63, 3.8) is 0 Å². The molecule has 0 fully saturated rings. The van der Waals surface area contributed by atoms with Crippen LogP contribution in [-0.2, 0) is 0 Å². The molecule has 0 amide bonds. The van der Waals surface area contributed by atoms with Crippen molar-refractivity contribution in [2.24, 2.45) is 11.0 Å². The molecule has 0 saturated carbocycles. The molecule has 0 aliphatic rings. The Balaban J connectivity index is 1.78. The molecule has 0 atom stereocenters. The lowest BCUT2D eigenvalue weighted by atomic mass is 10.1. The van der Waals surface area contributed by atoms with Gasteiger partial charge in [-0.25, -0.2) is 4.98 Å². The zero-order valence-corrected chi connectivity index (χ0v) is 15.3. The van der Waals surface area contributed by atoms with Gasteiger partial charge in [0.05, 0.1) is 23.7 Å². The van der Waals surface area contributed by atoms with E-state index in [4.69, 9.17) is 4.74 Å². The summed E-state index contributed by atoms with van der Waals surface area (Å²) in [6.45, 7) is 6.84. The molecule has 0 saturated heterocycles. The van der Waals surface area contributed by atoms with Crippen molar-refractivity contribution in [1.82, 2.24) is 9.66 Å². The van der Waals surface area contributed by atoms with Gasteiger partial charge in [-0.05, 0) is 61.2 Å². The van der Waals surface area contributed by atoms with E-state index in [0.717, 1.165) is 17.7 Å². The van der Waals surface area contributed by atoms with Crippen LogP contribution in [0.2, 0.25) is 0 Å². The number of rotatable bonds is 6. The van der Waals surface area contributed by atoms with Crippen molar-refractivity contribution in [2.75, 3.05) is 6.61 Å². The van der Waals surface area contributed by atoms with Crippen LogP contribution >= 0.6 is 0 Å². The number of fused-ring (bicyclic) bond motifs is 1. The molecular weight excluding hydrogens is 326 g/mol. The van der Waals surface area contributed by atoms with E-state index < -0.39 is 0 Å². The normalized spacial score (nSPS) is 11.5. The number of ether oxygens (including phenoxy) is 1. The fourth-order valence-corrected chi connectivity index (χ4v) is 2.56. The van der Waals surface area contributed by atoms with Crippen molar-refractivity contribution in [3.8, 4) is 5.75 Å². The third-order valence-electron chi connectivity index (χ3n) is 4.08. The Morgan fingerprint density at radius 2 is 1.88 bits per heavy atom. The molecule has 134 valence electrons. The summed E-state index contributed by atoms with van der Waals surface area (Å²) in [5.41, 5.74) is 1.41. The van der Waals surface area contributed by atoms with Crippen molar-refractivity contribution in [3.05, 3.63) is 70.3 Å². The lowest BCUT2D eigenvalue weighted by Crippen LogP contribution is -2.20. The third-order valence-corrected chi connectivity index (χ3v) is 4.08. The first kappa shape index (κ1) is 17.9. The van der Waals surface area contributed by atoms with Gasteiger partial charge in [-0.1, -0.05) is 26.0 Å². The molecule has 3 aromatic rings. The highest BCUT2D eigenvalue weighted by molar-refractivity contribution is 5.80. The number of hydrogen-bond acceptors (Lipinski definition) is 4. The van der Waals surface area contributed by atoms with Crippen molar-refractivity contribution in [2.45, 2.75) is 27.2 Å². The number of hydrogen-bond donors (Lipinski definition) is 0. The van der Waals surface area contributed by atoms with E-state index in [2.05, 4.69) is 23.9 Å². The van der Waals surface area contributed by atoms with E-state index >= 15 is 0 Å². The highest BCUT2D eigenvalue weighted by atomic mass is 16.5. The van der Waals surface area contributed by atoms with Gasteiger partial charge in [-0.2, -0.15) is 9.78 Å². The summed E-state index contributed by atoms with van der Waals surface area (Å²) in [5, 5.41) is 4.88. The van der Waals surface area contributed by atoms with Crippen LogP contribution in [0.25, 0.3) is 10.9 Å². The van der Waals surface area contributed by atoms with Gasteiger partial charge in [0.1, 0.15) is 11.6 Å². The second-order valence-electron chi connectivity index (χ2n) is 6.64. The molecule has 1 heterocycles. The first-order valence-electron chi connectivity index (χ1n) is 8.80. The zero-order valence-electron chi connectivity index (χ0n) is 15.3. The molecule has 5 heteroatoms. The van der Waals surface area contributed by atoms with Gasteiger partial charge in [0.15, 0.2) is 0 Å². The minimum absolute atomic E-state index is 0.169. The minimum Gasteiger partial charge on any atom is -0.494 e. The summed E-state index contributed by atoms with van der Waals surface area (Å²) in [4.78, 5) is 17.0. The third kappa shape index (κ3) is 4.17. The molecule has 5 nitrogen and oxygen atoms in total. The van der Waals surface area contributed by atoms with E-state index in [1.54, 1.807) is 19.2 Å². The maximum absolute atomic E-state index is 12.6. The molecule has 0 radical (unpaired) electrons. The summed E-state index contributed by atoms with van der Waals surface area (Å²) in [6, 6.07) is 15.0. The van der Waals surface area contributed by atoms with Crippen LogP contribution in [0.4, 0.5) is 0 Å². The molecule has 2 aromatic carbocycles. The average Bonchev–Trinajstić information content (AvgIpc) is 2.62. The van der Waals surface area contributed by atoms with Gasteiger partial charge >= 0.3 is 0 Å². The van der Waals surface area contributed by atoms with Gasteiger partial charge in [0.25, 0.3) is 5.56 Å². The maximum atomic E-state index is 12.6. The molecule has 26 heavy (non-hydrogen) atoms. The highest BCUT2D eigenvalue weighted by Crippen LogP contribution is 2.13. The predicted octanol–water partition coefficient (Wildman–Crippen LogP) is 4.01. The molecule has 3 rings (SSSR count). The van der Waals surface area contributed by atoms with Gasteiger partial charge in [-0.3, -0.25) is 4.79 Å². The first-order valence-corrected chi connectivity index (χ1v) is 8.80. The summed E-state index contributed by atoms with van der Waals surface area (Å²) < 4.78 is 7.04. The second kappa shape index (κ2) is 7.95. The predicted molar refractivity (Wildman–Crippen MR) is 105 cm³/mol. The van der Waals surface area contributed by atoms with E-state index in [-0.39, 0.29) is 5.56 Å². The second-order valence-corrected chi connectivity index (χ2v) is 6.64. The molecule has 0 N–H and O–H groups in total. The Bertz CT molecular complexity index is 973. The summed E-state index contributed by atoms with van der Waals surface area (Å²) in [7, 11) is 0. The Morgan fingerprint density at radius 1 is 1.15 bits per heavy atom. The van der Waals surface area contributed by atoms with E-state index in [0.29, 0.717) is 29.3 Å². The van der Waals surface area contributed by atoms with Gasteiger partial charge in [0.2, 0.25) is 0 Å². The molecule has 0 aliphatic heterocycles. The topological polar surface area (TPSA) is 56.5 Å². The van der Waals surface area contributed by atoms with Crippen LogP contribution in [0.5, 0.6) is 5.75 Å². The van der Waals surface area contributed by atoms with Gasteiger partial charge < -0.3 is 4.74 Å². The molecule has 1 aromatic heterocycles. The number of nitrogens with zero attached hydrogens (tertiary/aromatic N) is 3. The smallest absolute Gasteiger partial charge is 0.282 e.